The number of fused-ring (bicyclic) bond motifs is 3. The highest BCUT2D eigenvalue weighted by Gasteiger charge is 2.22. The number of thioether (sulfide) groups is 1. The lowest BCUT2D eigenvalue weighted by Crippen LogP contribution is -2.27. The van der Waals surface area contributed by atoms with Crippen LogP contribution in [0.25, 0.3) is 10.2 Å². The van der Waals surface area contributed by atoms with Gasteiger partial charge in [-0.3, -0.25) is 4.79 Å². The maximum absolute atomic E-state index is 12.5. The van der Waals surface area contributed by atoms with E-state index < -0.39 is 0 Å². The van der Waals surface area contributed by atoms with Crippen LogP contribution >= 0.6 is 34.4 Å². The molecule has 0 unspecified atom stereocenters. The van der Waals surface area contributed by atoms with E-state index in [1.165, 1.54) is 27.1 Å². The van der Waals surface area contributed by atoms with Crippen molar-refractivity contribution in [3.63, 3.8) is 0 Å². The van der Waals surface area contributed by atoms with Crippen molar-refractivity contribution >= 4 is 50.6 Å². The first-order valence-corrected chi connectivity index (χ1v) is 11.0. The highest BCUT2D eigenvalue weighted by Crippen LogP contribution is 2.40. The minimum atomic E-state index is 0.134. The Morgan fingerprint density at radius 2 is 2.24 bits per heavy atom. The number of nitrogens with zero attached hydrogens (tertiary/aromatic N) is 3. The van der Waals surface area contributed by atoms with Crippen LogP contribution in [0.5, 0.6) is 0 Å². The Morgan fingerprint density at radius 1 is 1.36 bits per heavy atom. The summed E-state index contributed by atoms with van der Waals surface area (Å²) >= 11 is 5.03. The van der Waals surface area contributed by atoms with Crippen LogP contribution < -0.4 is 0 Å². The zero-order valence-electron chi connectivity index (χ0n) is 14.2. The van der Waals surface area contributed by atoms with E-state index in [1.807, 2.05) is 25.4 Å². The summed E-state index contributed by atoms with van der Waals surface area (Å²) < 4.78 is 0. The number of hydrogen-bond donors (Lipinski definition) is 0. The molecule has 0 radical (unpaired) electrons. The molecule has 0 spiro atoms. The van der Waals surface area contributed by atoms with Crippen molar-refractivity contribution in [2.75, 3.05) is 12.8 Å². The van der Waals surface area contributed by atoms with E-state index in [2.05, 4.69) is 16.0 Å². The number of carbonyl (C=O) groups excluding carboxylic acids is 1. The van der Waals surface area contributed by atoms with Gasteiger partial charge in [0.2, 0.25) is 5.91 Å². The van der Waals surface area contributed by atoms with Crippen LogP contribution in [0, 0.1) is 6.92 Å². The Kier molecular flexibility index (Phi) is 4.80. The summed E-state index contributed by atoms with van der Waals surface area (Å²) in [5, 5.41) is 4.21. The summed E-state index contributed by atoms with van der Waals surface area (Å²) in [5.41, 5.74) is 1.42. The zero-order chi connectivity index (χ0) is 17.4. The second kappa shape index (κ2) is 7.05. The van der Waals surface area contributed by atoms with Gasteiger partial charge in [-0.1, -0.05) is 17.8 Å². The summed E-state index contributed by atoms with van der Waals surface area (Å²) in [6, 6.07) is 4.08. The summed E-state index contributed by atoms with van der Waals surface area (Å²) in [5.74, 6) is 1.34. The van der Waals surface area contributed by atoms with Gasteiger partial charge in [0, 0.05) is 22.2 Å². The molecular weight excluding hydrogens is 370 g/mol. The maximum atomic E-state index is 12.5. The molecule has 3 aromatic rings. The largest absolute Gasteiger partial charge is 0.340 e. The second-order valence-electron chi connectivity index (χ2n) is 6.23. The Morgan fingerprint density at radius 3 is 3.04 bits per heavy atom. The van der Waals surface area contributed by atoms with Gasteiger partial charge in [-0.2, -0.15) is 0 Å². The van der Waals surface area contributed by atoms with Gasteiger partial charge in [-0.15, -0.1) is 22.7 Å². The fraction of sp³-hybridized carbons (Fsp3) is 0.389. The van der Waals surface area contributed by atoms with Crippen molar-refractivity contribution in [1.29, 1.82) is 0 Å². The molecule has 7 heteroatoms. The first kappa shape index (κ1) is 17.0. The number of thiophene rings is 2. The van der Waals surface area contributed by atoms with E-state index in [4.69, 9.17) is 0 Å². The van der Waals surface area contributed by atoms with Crippen LogP contribution in [-0.4, -0.2) is 33.6 Å². The van der Waals surface area contributed by atoms with Crippen molar-refractivity contribution in [2.45, 2.75) is 37.8 Å². The van der Waals surface area contributed by atoms with E-state index in [-0.39, 0.29) is 5.91 Å². The van der Waals surface area contributed by atoms with Crippen LogP contribution in [0.2, 0.25) is 0 Å². The molecule has 130 valence electrons. The van der Waals surface area contributed by atoms with Crippen LogP contribution in [0.1, 0.15) is 27.6 Å². The summed E-state index contributed by atoms with van der Waals surface area (Å²) in [6.45, 7) is 2.60. The third kappa shape index (κ3) is 3.45. The molecule has 0 aromatic carbocycles. The lowest BCUT2D eigenvalue weighted by atomic mass is 10.2. The molecule has 0 atom stereocenters. The first-order valence-electron chi connectivity index (χ1n) is 8.30. The van der Waals surface area contributed by atoms with Crippen molar-refractivity contribution in [3.8, 4) is 0 Å². The molecule has 0 fully saturated rings. The first-order chi connectivity index (χ1) is 12.1. The van der Waals surface area contributed by atoms with Crippen molar-refractivity contribution in [3.05, 3.63) is 38.7 Å². The van der Waals surface area contributed by atoms with E-state index in [1.54, 1.807) is 39.3 Å². The fourth-order valence-corrected chi connectivity index (χ4v) is 6.30. The molecule has 0 saturated heterocycles. The van der Waals surface area contributed by atoms with E-state index in [9.17, 15) is 4.79 Å². The normalized spacial score (nSPS) is 13.4. The number of carbonyl (C=O) groups is 1. The number of aromatic nitrogens is 2. The molecule has 1 aliphatic rings. The third-order valence-corrected chi connectivity index (χ3v) is 7.38. The molecule has 3 heterocycles. The van der Waals surface area contributed by atoms with Gasteiger partial charge in [-0.25, -0.2) is 9.97 Å². The highest BCUT2D eigenvalue weighted by atomic mass is 32.2. The molecule has 4 rings (SSSR count). The van der Waals surface area contributed by atoms with Crippen molar-refractivity contribution in [1.82, 2.24) is 14.9 Å². The Balaban J connectivity index is 1.51. The van der Waals surface area contributed by atoms with E-state index in [0.717, 1.165) is 28.5 Å². The monoisotopic (exact) mass is 389 g/mol. The SMILES string of the molecule is Cc1nc(SCC(=O)N(C)Cc2cccs2)c2c3c(sc2n1)CCC3. The molecular formula is C18H19N3OS3. The summed E-state index contributed by atoms with van der Waals surface area (Å²) in [6.07, 6.45) is 3.49. The van der Waals surface area contributed by atoms with Crippen LogP contribution in [0.15, 0.2) is 22.5 Å². The molecule has 0 bridgehead atoms. The van der Waals surface area contributed by atoms with Gasteiger partial charge in [0.25, 0.3) is 0 Å². The van der Waals surface area contributed by atoms with Crippen molar-refractivity contribution in [2.24, 2.45) is 0 Å². The minimum absolute atomic E-state index is 0.134. The molecule has 0 N–H and O–H groups in total. The fourth-order valence-electron chi connectivity index (χ4n) is 3.13. The Bertz CT molecular complexity index is 917. The quantitative estimate of drug-likeness (QED) is 0.482. The zero-order valence-corrected chi connectivity index (χ0v) is 16.7. The van der Waals surface area contributed by atoms with Gasteiger partial charge in [-0.05, 0) is 43.2 Å². The van der Waals surface area contributed by atoms with Crippen LogP contribution in [0.4, 0.5) is 0 Å². The number of rotatable bonds is 5. The standard InChI is InChI=1S/C18H19N3OS3/c1-11-19-17(16-13-6-3-7-14(13)25-18(16)20-11)24-10-15(22)21(2)9-12-5-4-8-23-12/h4-5,8H,3,6-7,9-10H2,1-2H3. The predicted molar refractivity (Wildman–Crippen MR) is 106 cm³/mol. The molecule has 0 saturated carbocycles. The molecule has 0 aliphatic heterocycles. The van der Waals surface area contributed by atoms with Gasteiger partial charge in [0.15, 0.2) is 0 Å². The van der Waals surface area contributed by atoms with Gasteiger partial charge >= 0.3 is 0 Å². The Labute approximate surface area is 159 Å². The lowest BCUT2D eigenvalue weighted by molar-refractivity contribution is -0.127. The van der Waals surface area contributed by atoms with Gasteiger partial charge < -0.3 is 4.90 Å². The topological polar surface area (TPSA) is 46.1 Å². The number of aryl methyl sites for hydroxylation is 3. The third-order valence-electron chi connectivity index (χ3n) is 4.37. The molecule has 1 amide bonds. The average Bonchev–Trinajstić information content (AvgIpc) is 3.28. The lowest BCUT2D eigenvalue weighted by Gasteiger charge is -2.16. The van der Waals surface area contributed by atoms with E-state index >= 15 is 0 Å². The van der Waals surface area contributed by atoms with Crippen molar-refractivity contribution < 1.29 is 4.79 Å². The molecule has 1 aliphatic carbocycles. The summed E-state index contributed by atoms with van der Waals surface area (Å²) in [7, 11) is 1.87. The average molecular weight is 390 g/mol. The Hall–Kier alpha value is -1.44. The van der Waals surface area contributed by atoms with Gasteiger partial charge in [0.05, 0.1) is 12.3 Å². The molecule has 4 nitrogen and oxygen atoms in total. The van der Waals surface area contributed by atoms with Gasteiger partial charge in [0.1, 0.15) is 15.7 Å². The maximum Gasteiger partial charge on any atom is 0.233 e. The number of hydrogen-bond acceptors (Lipinski definition) is 6. The summed E-state index contributed by atoms with van der Waals surface area (Å²) in [4.78, 5) is 27.3. The predicted octanol–water partition coefficient (Wildman–Crippen LogP) is 4.30. The molecule has 25 heavy (non-hydrogen) atoms. The highest BCUT2D eigenvalue weighted by molar-refractivity contribution is 8.00. The minimum Gasteiger partial charge on any atom is -0.340 e. The number of amides is 1. The smallest absolute Gasteiger partial charge is 0.233 e. The van der Waals surface area contributed by atoms with Crippen LogP contribution in [-0.2, 0) is 24.2 Å². The van der Waals surface area contributed by atoms with Crippen LogP contribution in [0.3, 0.4) is 0 Å². The van der Waals surface area contributed by atoms with E-state index in [0.29, 0.717) is 12.3 Å². The second-order valence-corrected chi connectivity index (χ2v) is 9.31. The molecule has 3 aromatic heterocycles.